The van der Waals surface area contributed by atoms with Crippen molar-refractivity contribution in [1.29, 1.82) is 0 Å². The van der Waals surface area contributed by atoms with Crippen LogP contribution in [0.3, 0.4) is 0 Å². The predicted octanol–water partition coefficient (Wildman–Crippen LogP) is 2.64. The first-order valence-corrected chi connectivity index (χ1v) is 7.97. The third kappa shape index (κ3) is 6.04. The first-order chi connectivity index (χ1) is 10.3. The molecule has 5 nitrogen and oxygen atoms in total. The van der Waals surface area contributed by atoms with E-state index >= 15 is 0 Å². The fraction of sp³-hybridized carbons (Fsp3) is 0.875. The van der Waals surface area contributed by atoms with Gasteiger partial charge >= 0.3 is 0 Å². The van der Waals surface area contributed by atoms with Gasteiger partial charge in [-0.15, -0.1) is 0 Å². The van der Waals surface area contributed by atoms with Gasteiger partial charge in [0.05, 0.1) is 25.4 Å². The maximum Gasteiger partial charge on any atom is 0.177 e. The lowest BCUT2D eigenvalue weighted by molar-refractivity contribution is -0.207. The molecule has 2 rings (SSSR count). The highest BCUT2D eigenvalue weighted by atomic mass is 16.7. The highest BCUT2D eigenvalue weighted by Gasteiger charge is 2.27. The molecule has 0 saturated heterocycles. The number of rotatable bonds is 8. The molecule has 1 fully saturated rings. The minimum atomic E-state index is -0.239. The molecular weight excluding hydrogens is 272 g/mol. The van der Waals surface area contributed by atoms with E-state index in [9.17, 15) is 0 Å². The molecule has 0 spiro atoms. The summed E-state index contributed by atoms with van der Waals surface area (Å²) in [6, 6.07) is 0. The van der Waals surface area contributed by atoms with Gasteiger partial charge in [0.1, 0.15) is 12.9 Å². The van der Waals surface area contributed by atoms with Crippen LogP contribution in [0.15, 0.2) is 12.2 Å². The Morgan fingerprint density at radius 2 is 1.90 bits per heavy atom. The Morgan fingerprint density at radius 3 is 2.62 bits per heavy atom. The smallest absolute Gasteiger partial charge is 0.177 e. The molecule has 0 radical (unpaired) electrons. The van der Waals surface area contributed by atoms with Crippen molar-refractivity contribution in [3.63, 3.8) is 0 Å². The van der Waals surface area contributed by atoms with Gasteiger partial charge < -0.3 is 23.7 Å². The van der Waals surface area contributed by atoms with E-state index in [1.165, 1.54) is 19.3 Å². The zero-order valence-electron chi connectivity index (χ0n) is 13.2. The number of hydrogen-bond donors (Lipinski definition) is 0. The minimum absolute atomic E-state index is 0.0328. The van der Waals surface area contributed by atoms with Crippen LogP contribution in [0.4, 0.5) is 0 Å². The van der Waals surface area contributed by atoms with Crippen molar-refractivity contribution in [1.82, 2.24) is 0 Å². The third-order valence-electron chi connectivity index (χ3n) is 3.92. The van der Waals surface area contributed by atoms with Crippen LogP contribution in [0.2, 0.25) is 0 Å². The van der Waals surface area contributed by atoms with Gasteiger partial charge in [0, 0.05) is 7.11 Å². The molecule has 0 unspecified atom stereocenters. The standard InChI is InChI=1S/C16H28O5/c1-13-15(19-12-18-11-10-17-2)8-9-16(20-13)21-14-6-4-3-5-7-14/h8-9,13-16H,3-7,10-12H2,1-2H3/t13-,15+,16+/m0/s1. The molecule has 3 atom stereocenters. The van der Waals surface area contributed by atoms with Crippen LogP contribution < -0.4 is 0 Å². The topological polar surface area (TPSA) is 46.2 Å². The number of hydrogen-bond acceptors (Lipinski definition) is 5. The van der Waals surface area contributed by atoms with Gasteiger partial charge in [0.15, 0.2) is 6.29 Å². The zero-order chi connectivity index (χ0) is 14.9. The Morgan fingerprint density at radius 1 is 1.10 bits per heavy atom. The van der Waals surface area contributed by atoms with E-state index in [4.69, 9.17) is 23.7 Å². The SMILES string of the molecule is COCCOCO[C@@H]1C=C[C@@H](OC2CCCCC2)O[C@H]1C. The molecule has 0 aromatic carbocycles. The Kier molecular flexibility index (Phi) is 7.68. The highest BCUT2D eigenvalue weighted by Crippen LogP contribution is 2.24. The monoisotopic (exact) mass is 300 g/mol. The van der Waals surface area contributed by atoms with Crippen molar-refractivity contribution in [2.75, 3.05) is 27.1 Å². The molecule has 1 heterocycles. The molecule has 2 aliphatic rings. The average molecular weight is 300 g/mol. The first kappa shape index (κ1) is 16.9. The van der Waals surface area contributed by atoms with Gasteiger partial charge in [-0.2, -0.15) is 0 Å². The van der Waals surface area contributed by atoms with Gasteiger partial charge in [0.2, 0.25) is 0 Å². The molecule has 21 heavy (non-hydrogen) atoms. The molecule has 0 N–H and O–H groups in total. The number of ether oxygens (including phenoxy) is 5. The molecule has 0 aromatic heterocycles. The fourth-order valence-corrected chi connectivity index (χ4v) is 2.68. The maximum atomic E-state index is 6.00. The molecular formula is C16H28O5. The van der Waals surface area contributed by atoms with Gasteiger partial charge in [-0.05, 0) is 25.8 Å². The summed E-state index contributed by atoms with van der Waals surface area (Å²) < 4.78 is 27.7. The van der Waals surface area contributed by atoms with Crippen molar-refractivity contribution in [2.24, 2.45) is 0 Å². The summed E-state index contributed by atoms with van der Waals surface area (Å²) in [5.41, 5.74) is 0. The van der Waals surface area contributed by atoms with Crippen molar-refractivity contribution >= 4 is 0 Å². The second-order valence-corrected chi connectivity index (χ2v) is 5.64. The first-order valence-electron chi connectivity index (χ1n) is 7.97. The molecule has 0 aromatic rings. The van der Waals surface area contributed by atoms with E-state index in [1.807, 2.05) is 19.1 Å². The lowest BCUT2D eigenvalue weighted by Crippen LogP contribution is -2.38. The van der Waals surface area contributed by atoms with E-state index in [1.54, 1.807) is 7.11 Å². The van der Waals surface area contributed by atoms with Gasteiger partial charge in [-0.1, -0.05) is 25.3 Å². The molecule has 5 heteroatoms. The zero-order valence-corrected chi connectivity index (χ0v) is 13.2. The second-order valence-electron chi connectivity index (χ2n) is 5.64. The molecule has 1 saturated carbocycles. The Hall–Kier alpha value is -0.460. The summed E-state index contributed by atoms with van der Waals surface area (Å²) in [6.45, 7) is 3.36. The van der Waals surface area contributed by atoms with E-state index in [0.29, 0.717) is 19.3 Å². The van der Waals surface area contributed by atoms with Crippen LogP contribution in [0.1, 0.15) is 39.0 Å². The van der Waals surface area contributed by atoms with Crippen LogP contribution in [0, 0.1) is 0 Å². The van der Waals surface area contributed by atoms with Gasteiger partial charge in [0.25, 0.3) is 0 Å². The Bertz CT molecular complexity index is 301. The van der Waals surface area contributed by atoms with Crippen LogP contribution in [-0.2, 0) is 23.7 Å². The summed E-state index contributed by atoms with van der Waals surface area (Å²) in [5, 5.41) is 0. The van der Waals surface area contributed by atoms with E-state index < -0.39 is 0 Å². The summed E-state index contributed by atoms with van der Waals surface area (Å²) in [7, 11) is 1.65. The van der Waals surface area contributed by atoms with Crippen LogP contribution in [0.25, 0.3) is 0 Å². The highest BCUT2D eigenvalue weighted by molar-refractivity contribution is 4.99. The number of methoxy groups -OCH3 is 1. The molecule has 1 aliphatic heterocycles. The maximum absolute atomic E-state index is 6.00. The fourth-order valence-electron chi connectivity index (χ4n) is 2.68. The molecule has 0 bridgehead atoms. The van der Waals surface area contributed by atoms with E-state index in [-0.39, 0.29) is 25.3 Å². The largest absolute Gasteiger partial charge is 0.382 e. The summed E-state index contributed by atoms with van der Waals surface area (Å²) in [5.74, 6) is 0. The Balaban J connectivity index is 1.66. The lowest BCUT2D eigenvalue weighted by Gasteiger charge is -2.33. The minimum Gasteiger partial charge on any atom is -0.382 e. The van der Waals surface area contributed by atoms with E-state index in [0.717, 1.165) is 12.8 Å². The van der Waals surface area contributed by atoms with Crippen LogP contribution in [0.5, 0.6) is 0 Å². The van der Waals surface area contributed by atoms with Crippen molar-refractivity contribution in [3.8, 4) is 0 Å². The second kappa shape index (κ2) is 9.54. The van der Waals surface area contributed by atoms with Crippen molar-refractivity contribution < 1.29 is 23.7 Å². The average Bonchev–Trinajstić information content (AvgIpc) is 2.50. The Labute approximate surface area is 127 Å². The normalized spacial score (nSPS) is 30.7. The summed E-state index contributed by atoms with van der Waals surface area (Å²) in [4.78, 5) is 0. The molecule has 122 valence electrons. The van der Waals surface area contributed by atoms with Crippen LogP contribution in [-0.4, -0.2) is 51.7 Å². The summed E-state index contributed by atoms with van der Waals surface area (Å²) in [6.07, 6.45) is 10.1. The molecule has 1 aliphatic carbocycles. The van der Waals surface area contributed by atoms with E-state index in [2.05, 4.69) is 0 Å². The third-order valence-corrected chi connectivity index (χ3v) is 3.92. The quantitative estimate of drug-likeness (QED) is 0.392. The van der Waals surface area contributed by atoms with Crippen LogP contribution >= 0.6 is 0 Å². The van der Waals surface area contributed by atoms with Crippen molar-refractivity contribution in [2.45, 2.75) is 63.6 Å². The van der Waals surface area contributed by atoms with Crippen molar-refractivity contribution in [3.05, 3.63) is 12.2 Å². The van der Waals surface area contributed by atoms with Gasteiger partial charge in [-0.3, -0.25) is 0 Å². The summed E-state index contributed by atoms with van der Waals surface area (Å²) >= 11 is 0. The molecule has 0 amide bonds. The van der Waals surface area contributed by atoms with Gasteiger partial charge in [-0.25, -0.2) is 0 Å². The predicted molar refractivity (Wildman–Crippen MR) is 79.0 cm³/mol. The lowest BCUT2D eigenvalue weighted by atomic mass is 9.98.